The SMILES string of the molecule is Cc1nc(/C=C/C(=O)Nc2ccc(S(=O)(=O)NCC(F)(F)F)cc2)cs1. The van der Waals surface area contributed by atoms with Crippen LogP contribution in [-0.4, -0.2) is 32.0 Å². The van der Waals surface area contributed by atoms with Crippen LogP contribution in [0.3, 0.4) is 0 Å². The first-order valence-electron chi connectivity index (χ1n) is 7.13. The molecule has 11 heteroatoms. The summed E-state index contributed by atoms with van der Waals surface area (Å²) in [5, 5.41) is 5.16. The minimum absolute atomic E-state index is 0.295. The zero-order chi connectivity index (χ0) is 19.4. The molecule has 0 unspecified atom stereocenters. The molecular formula is C15H14F3N3O3S2. The van der Waals surface area contributed by atoms with Gasteiger partial charge >= 0.3 is 6.18 Å². The number of nitrogens with one attached hydrogen (secondary N) is 2. The van der Waals surface area contributed by atoms with Crippen LogP contribution in [0.25, 0.3) is 6.08 Å². The van der Waals surface area contributed by atoms with Gasteiger partial charge in [0.05, 0.1) is 15.6 Å². The first-order valence-corrected chi connectivity index (χ1v) is 9.49. The zero-order valence-corrected chi connectivity index (χ0v) is 15.0. The van der Waals surface area contributed by atoms with Gasteiger partial charge in [-0.3, -0.25) is 4.79 Å². The lowest BCUT2D eigenvalue weighted by Gasteiger charge is -2.10. The smallest absolute Gasteiger partial charge is 0.323 e. The maximum Gasteiger partial charge on any atom is 0.402 e. The van der Waals surface area contributed by atoms with Gasteiger partial charge in [-0.05, 0) is 37.3 Å². The molecule has 1 amide bonds. The molecule has 0 saturated heterocycles. The molecule has 0 aliphatic rings. The monoisotopic (exact) mass is 405 g/mol. The molecule has 1 aromatic carbocycles. The molecule has 2 rings (SSSR count). The van der Waals surface area contributed by atoms with Gasteiger partial charge in [0.2, 0.25) is 15.9 Å². The predicted molar refractivity (Wildman–Crippen MR) is 92.2 cm³/mol. The third kappa shape index (κ3) is 6.24. The van der Waals surface area contributed by atoms with E-state index in [1.165, 1.54) is 40.3 Å². The van der Waals surface area contributed by atoms with Crippen molar-refractivity contribution in [2.24, 2.45) is 0 Å². The molecule has 0 aliphatic heterocycles. The third-order valence-electron chi connectivity index (χ3n) is 2.94. The van der Waals surface area contributed by atoms with Crippen molar-refractivity contribution in [1.82, 2.24) is 9.71 Å². The number of rotatable bonds is 6. The number of aryl methyl sites for hydroxylation is 1. The van der Waals surface area contributed by atoms with Crippen molar-refractivity contribution in [2.45, 2.75) is 18.0 Å². The van der Waals surface area contributed by atoms with Crippen molar-refractivity contribution < 1.29 is 26.4 Å². The van der Waals surface area contributed by atoms with Crippen molar-refractivity contribution in [3.8, 4) is 0 Å². The van der Waals surface area contributed by atoms with E-state index in [0.29, 0.717) is 11.4 Å². The van der Waals surface area contributed by atoms with Crippen molar-refractivity contribution in [3.63, 3.8) is 0 Å². The fraction of sp³-hybridized carbons (Fsp3) is 0.200. The molecule has 2 N–H and O–H groups in total. The number of aromatic nitrogens is 1. The number of amides is 1. The van der Waals surface area contributed by atoms with E-state index in [-0.39, 0.29) is 4.90 Å². The summed E-state index contributed by atoms with van der Waals surface area (Å²) in [6.45, 7) is 0.177. The maximum absolute atomic E-state index is 12.1. The lowest BCUT2D eigenvalue weighted by molar-refractivity contribution is -0.121. The minimum Gasteiger partial charge on any atom is -0.323 e. The molecule has 0 spiro atoms. The van der Waals surface area contributed by atoms with Crippen molar-refractivity contribution >= 4 is 39.0 Å². The number of alkyl halides is 3. The van der Waals surface area contributed by atoms with Gasteiger partial charge in [-0.1, -0.05) is 0 Å². The van der Waals surface area contributed by atoms with Gasteiger partial charge in [-0.2, -0.15) is 13.2 Å². The number of sulfonamides is 1. The van der Waals surface area contributed by atoms with E-state index >= 15 is 0 Å². The van der Waals surface area contributed by atoms with Gasteiger partial charge in [-0.15, -0.1) is 11.3 Å². The highest BCUT2D eigenvalue weighted by molar-refractivity contribution is 7.89. The molecule has 2 aromatic rings. The Morgan fingerprint density at radius 2 is 1.92 bits per heavy atom. The maximum atomic E-state index is 12.1. The van der Waals surface area contributed by atoms with Gasteiger partial charge in [0.15, 0.2) is 0 Å². The highest BCUT2D eigenvalue weighted by Gasteiger charge is 2.30. The number of halogens is 3. The Balaban J connectivity index is 1.98. The second kappa shape index (κ2) is 7.98. The van der Waals surface area contributed by atoms with E-state index in [9.17, 15) is 26.4 Å². The van der Waals surface area contributed by atoms with E-state index in [4.69, 9.17) is 0 Å². The van der Waals surface area contributed by atoms with Crippen LogP contribution in [0.2, 0.25) is 0 Å². The number of anilines is 1. The standard InChI is InChI=1S/C15H14F3N3O3S2/c1-10-20-12(8-25-10)4-7-14(22)21-11-2-5-13(6-3-11)26(23,24)19-9-15(16,17)18/h2-8,19H,9H2,1H3,(H,21,22)/b7-4+. The first-order chi connectivity index (χ1) is 12.0. The third-order valence-corrected chi connectivity index (χ3v) is 5.15. The van der Waals surface area contributed by atoms with Crippen molar-refractivity contribution in [1.29, 1.82) is 0 Å². The minimum atomic E-state index is -4.65. The lowest BCUT2D eigenvalue weighted by atomic mass is 10.3. The van der Waals surface area contributed by atoms with Crippen molar-refractivity contribution in [3.05, 3.63) is 46.4 Å². The van der Waals surface area contributed by atoms with Gasteiger partial charge in [0.1, 0.15) is 6.54 Å². The Bertz CT molecular complexity index is 904. The Hall–Kier alpha value is -2.24. The van der Waals surface area contributed by atoms with Crippen LogP contribution in [0.5, 0.6) is 0 Å². The molecular weight excluding hydrogens is 391 g/mol. The zero-order valence-electron chi connectivity index (χ0n) is 13.4. The van der Waals surface area contributed by atoms with Crippen LogP contribution >= 0.6 is 11.3 Å². The molecule has 0 aliphatic carbocycles. The molecule has 0 radical (unpaired) electrons. The molecule has 26 heavy (non-hydrogen) atoms. The van der Waals surface area contributed by atoms with E-state index in [0.717, 1.165) is 17.1 Å². The fourth-order valence-electron chi connectivity index (χ4n) is 1.78. The average Bonchev–Trinajstić information content (AvgIpc) is 2.97. The second-order valence-electron chi connectivity index (χ2n) is 5.08. The Kier molecular flexibility index (Phi) is 6.16. The second-order valence-corrected chi connectivity index (χ2v) is 7.91. The molecule has 1 aromatic heterocycles. The van der Waals surface area contributed by atoms with Crippen LogP contribution in [-0.2, 0) is 14.8 Å². The fourth-order valence-corrected chi connectivity index (χ4v) is 3.37. The lowest BCUT2D eigenvalue weighted by Crippen LogP contribution is -2.33. The summed E-state index contributed by atoms with van der Waals surface area (Å²) in [4.78, 5) is 15.6. The highest BCUT2D eigenvalue weighted by atomic mass is 32.2. The molecule has 6 nitrogen and oxygen atoms in total. The van der Waals surface area contributed by atoms with E-state index in [1.807, 2.05) is 6.92 Å². The number of hydrogen-bond donors (Lipinski definition) is 2. The summed E-state index contributed by atoms with van der Waals surface area (Å²) in [6.07, 6.45) is -1.86. The number of hydrogen-bond acceptors (Lipinski definition) is 5. The van der Waals surface area contributed by atoms with Gasteiger partial charge in [0, 0.05) is 17.1 Å². The first kappa shape index (κ1) is 20.1. The van der Waals surface area contributed by atoms with Crippen LogP contribution in [0, 0.1) is 6.92 Å². The number of carbonyl (C=O) groups excluding carboxylic acids is 1. The number of benzene rings is 1. The molecule has 1 heterocycles. The topological polar surface area (TPSA) is 88.2 Å². The molecule has 0 fully saturated rings. The largest absolute Gasteiger partial charge is 0.402 e. The van der Waals surface area contributed by atoms with Crippen LogP contribution < -0.4 is 10.0 Å². The normalized spacial score (nSPS) is 12.5. The van der Waals surface area contributed by atoms with Crippen LogP contribution in [0.4, 0.5) is 18.9 Å². The Morgan fingerprint density at radius 3 is 2.46 bits per heavy atom. The quantitative estimate of drug-likeness (QED) is 0.724. The Labute approximate surface area is 151 Å². The molecule has 140 valence electrons. The van der Waals surface area contributed by atoms with Crippen LogP contribution in [0.15, 0.2) is 40.6 Å². The van der Waals surface area contributed by atoms with E-state index < -0.39 is 28.7 Å². The summed E-state index contributed by atoms with van der Waals surface area (Å²) in [7, 11) is -4.29. The number of thiazole rings is 1. The summed E-state index contributed by atoms with van der Waals surface area (Å²) in [5.74, 6) is -0.457. The number of carbonyl (C=O) groups is 1. The summed E-state index contributed by atoms with van der Waals surface area (Å²) in [6, 6.07) is 4.76. The van der Waals surface area contributed by atoms with Crippen LogP contribution in [0.1, 0.15) is 10.7 Å². The average molecular weight is 405 g/mol. The summed E-state index contributed by atoms with van der Waals surface area (Å²) < 4.78 is 61.3. The van der Waals surface area contributed by atoms with Gasteiger partial charge < -0.3 is 5.32 Å². The predicted octanol–water partition coefficient (Wildman–Crippen LogP) is 2.94. The van der Waals surface area contributed by atoms with Gasteiger partial charge in [0.25, 0.3) is 0 Å². The molecule has 0 saturated carbocycles. The molecule has 0 atom stereocenters. The highest BCUT2D eigenvalue weighted by Crippen LogP contribution is 2.17. The molecule has 0 bridgehead atoms. The summed E-state index contributed by atoms with van der Waals surface area (Å²) >= 11 is 1.44. The summed E-state index contributed by atoms with van der Waals surface area (Å²) in [5.41, 5.74) is 0.934. The van der Waals surface area contributed by atoms with Gasteiger partial charge in [-0.25, -0.2) is 18.1 Å². The van der Waals surface area contributed by atoms with Crippen molar-refractivity contribution in [2.75, 3.05) is 11.9 Å². The number of nitrogens with zero attached hydrogens (tertiary/aromatic N) is 1. The Morgan fingerprint density at radius 1 is 1.27 bits per heavy atom. The van der Waals surface area contributed by atoms with E-state index in [2.05, 4.69) is 10.3 Å². The van der Waals surface area contributed by atoms with E-state index in [1.54, 1.807) is 5.38 Å².